The Kier molecular flexibility index (Phi) is 5.41. The topological polar surface area (TPSA) is 107 Å². The lowest BCUT2D eigenvalue weighted by Gasteiger charge is -2.18. The number of hydrogen-bond donors (Lipinski definition) is 2. The predicted molar refractivity (Wildman–Crippen MR) is 128 cm³/mol. The van der Waals surface area contributed by atoms with E-state index in [0.29, 0.717) is 27.7 Å². The monoisotopic (exact) mass is 470 g/mol. The summed E-state index contributed by atoms with van der Waals surface area (Å²) >= 11 is 3.03. The van der Waals surface area contributed by atoms with E-state index in [-0.39, 0.29) is 18.0 Å². The van der Waals surface area contributed by atoms with Gasteiger partial charge in [0.05, 0.1) is 10.9 Å². The quantitative estimate of drug-likeness (QED) is 0.608. The van der Waals surface area contributed by atoms with Gasteiger partial charge in [-0.3, -0.25) is 19.0 Å². The summed E-state index contributed by atoms with van der Waals surface area (Å²) in [4.78, 5) is 46.2. The molecule has 0 saturated carbocycles. The van der Waals surface area contributed by atoms with Crippen LogP contribution in [0.3, 0.4) is 0 Å². The molecule has 1 atom stereocenters. The van der Waals surface area contributed by atoms with Crippen LogP contribution in [-0.2, 0) is 37.0 Å². The average Bonchev–Trinajstić information content (AvgIpc) is 3.27. The number of carbonyl (C=O) groups excluding carboxylic acids is 2. The van der Waals surface area contributed by atoms with Gasteiger partial charge < -0.3 is 11.1 Å². The molecule has 3 aromatic heterocycles. The van der Waals surface area contributed by atoms with Crippen molar-refractivity contribution in [1.82, 2.24) is 9.55 Å². The van der Waals surface area contributed by atoms with Crippen LogP contribution >= 0.6 is 22.7 Å². The minimum absolute atomic E-state index is 0.143. The van der Waals surface area contributed by atoms with E-state index in [2.05, 4.69) is 17.2 Å². The number of anilines is 1. The zero-order valence-corrected chi connectivity index (χ0v) is 19.9. The first-order chi connectivity index (χ1) is 15.3. The molecular formula is C23H26N4O3S2. The summed E-state index contributed by atoms with van der Waals surface area (Å²) in [5.41, 5.74) is 8.01. The van der Waals surface area contributed by atoms with Crippen LogP contribution in [0.1, 0.15) is 63.2 Å². The van der Waals surface area contributed by atoms with Crippen LogP contribution in [-0.4, -0.2) is 21.4 Å². The predicted octanol–water partition coefficient (Wildman–Crippen LogP) is 3.57. The van der Waals surface area contributed by atoms with E-state index in [9.17, 15) is 14.4 Å². The SMILES string of the molecule is Cc1nc2sc3c(c2c(=O)n1CC(=O)Nc1sc2c(c1C(N)=O)CCC(C)C2)CCCC3. The number of fused-ring (bicyclic) bond motifs is 4. The highest BCUT2D eigenvalue weighted by Gasteiger charge is 2.28. The van der Waals surface area contributed by atoms with Crippen molar-refractivity contribution in [2.24, 2.45) is 11.7 Å². The van der Waals surface area contributed by atoms with E-state index < -0.39 is 5.91 Å². The second-order valence-corrected chi connectivity index (χ2v) is 11.1. The Morgan fingerprint density at radius 1 is 1.16 bits per heavy atom. The summed E-state index contributed by atoms with van der Waals surface area (Å²) in [5.74, 6) is 0.190. The van der Waals surface area contributed by atoms with Crippen LogP contribution in [0.2, 0.25) is 0 Å². The molecule has 1 unspecified atom stereocenters. The van der Waals surface area contributed by atoms with Gasteiger partial charge in [-0.15, -0.1) is 22.7 Å². The van der Waals surface area contributed by atoms with Gasteiger partial charge >= 0.3 is 0 Å². The molecule has 0 fully saturated rings. The summed E-state index contributed by atoms with van der Waals surface area (Å²) in [7, 11) is 0. The zero-order chi connectivity index (χ0) is 22.6. The van der Waals surface area contributed by atoms with Gasteiger partial charge in [-0.25, -0.2) is 4.98 Å². The zero-order valence-electron chi connectivity index (χ0n) is 18.2. The van der Waals surface area contributed by atoms with E-state index in [1.165, 1.54) is 20.8 Å². The average molecular weight is 471 g/mol. The number of thiophene rings is 2. The van der Waals surface area contributed by atoms with Crippen molar-refractivity contribution in [3.8, 4) is 0 Å². The number of primary amides is 1. The second-order valence-electron chi connectivity index (χ2n) is 8.91. The summed E-state index contributed by atoms with van der Waals surface area (Å²) in [6, 6.07) is 0. The van der Waals surface area contributed by atoms with Gasteiger partial charge in [-0.05, 0) is 68.9 Å². The van der Waals surface area contributed by atoms with Gasteiger partial charge in [0.25, 0.3) is 11.5 Å². The molecule has 0 aromatic carbocycles. The number of nitrogens with one attached hydrogen (secondary N) is 1. The summed E-state index contributed by atoms with van der Waals surface area (Å²) in [6.45, 7) is 3.80. The van der Waals surface area contributed by atoms with E-state index >= 15 is 0 Å². The maximum Gasteiger partial charge on any atom is 0.263 e. The molecule has 0 saturated heterocycles. The molecule has 0 spiro atoms. The van der Waals surface area contributed by atoms with Crippen LogP contribution in [0.5, 0.6) is 0 Å². The van der Waals surface area contributed by atoms with Crippen LogP contribution in [0.15, 0.2) is 4.79 Å². The van der Waals surface area contributed by atoms with Crippen molar-refractivity contribution in [3.05, 3.63) is 42.6 Å². The standard InChI is InChI=1S/C23H26N4O3S2/c1-11-7-8-14-16(9-11)32-21(18(14)20(24)29)26-17(28)10-27-12(2)25-22-19(23(27)30)13-5-3-4-6-15(13)31-22/h11H,3-10H2,1-2H3,(H2,24,29)(H,26,28). The third-order valence-electron chi connectivity index (χ3n) is 6.58. The Morgan fingerprint density at radius 3 is 2.72 bits per heavy atom. The van der Waals surface area contributed by atoms with E-state index in [1.807, 2.05) is 0 Å². The molecular weight excluding hydrogens is 444 g/mol. The molecule has 32 heavy (non-hydrogen) atoms. The highest BCUT2D eigenvalue weighted by molar-refractivity contribution is 7.18. The smallest absolute Gasteiger partial charge is 0.263 e. The van der Waals surface area contributed by atoms with E-state index in [0.717, 1.165) is 65.8 Å². The molecule has 9 heteroatoms. The van der Waals surface area contributed by atoms with Crippen LogP contribution in [0, 0.1) is 12.8 Å². The molecule has 2 aliphatic carbocycles. The van der Waals surface area contributed by atoms with Crippen molar-refractivity contribution < 1.29 is 9.59 Å². The van der Waals surface area contributed by atoms with Crippen LogP contribution in [0.25, 0.3) is 10.2 Å². The molecule has 7 nitrogen and oxygen atoms in total. The Bertz CT molecular complexity index is 1320. The van der Waals surface area contributed by atoms with Crippen molar-refractivity contribution in [2.45, 2.75) is 65.3 Å². The molecule has 2 aliphatic rings. The molecule has 5 rings (SSSR count). The lowest BCUT2D eigenvalue weighted by molar-refractivity contribution is -0.116. The number of aromatic nitrogens is 2. The van der Waals surface area contributed by atoms with Gasteiger partial charge in [0.2, 0.25) is 5.91 Å². The number of amides is 2. The summed E-state index contributed by atoms with van der Waals surface area (Å²) in [5, 5.41) is 4.03. The third kappa shape index (κ3) is 3.57. The van der Waals surface area contributed by atoms with Crippen molar-refractivity contribution in [1.29, 1.82) is 0 Å². The molecule has 0 radical (unpaired) electrons. The molecule has 3 heterocycles. The Morgan fingerprint density at radius 2 is 1.94 bits per heavy atom. The number of hydrogen-bond acceptors (Lipinski definition) is 6. The first-order valence-corrected chi connectivity index (χ1v) is 12.7. The fourth-order valence-electron chi connectivity index (χ4n) is 4.94. The van der Waals surface area contributed by atoms with E-state index in [4.69, 9.17) is 5.73 Å². The number of aryl methyl sites for hydroxylation is 3. The fourth-order valence-corrected chi connectivity index (χ4v) is 7.67. The van der Waals surface area contributed by atoms with Crippen molar-refractivity contribution in [2.75, 3.05) is 5.32 Å². The minimum Gasteiger partial charge on any atom is -0.365 e. The first-order valence-electron chi connectivity index (χ1n) is 11.1. The maximum atomic E-state index is 13.3. The Labute approximate surface area is 193 Å². The number of nitrogens with zero attached hydrogens (tertiary/aromatic N) is 2. The minimum atomic E-state index is -0.520. The molecule has 2 amide bonds. The van der Waals surface area contributed by atoms with Crippen LogP contribution in [0.4, 0.5) is 5.00 Å². The lowest BCUT2D eigenvalue weighted by atomic mass is 9.88. The molecule has 168 valence electrons. The van der Waals surface area contributed by atoms with E-state index in [1.54, 1.807) is 18.3 Å². The molecule has 0 bridgehead atoms. The molecule has 0 aliphatic heterocycles. The van der Waals surface area contributed by atoms with Crippen LogP contribution < -0.4 is 16.6 Å². The number of carbonyl (C=O) groups is 2. The normalized spacial score (nSPS) is 17.8. The fraction of sp³-hybridized carbons (Fsp3) is 0.478. The van der Waals surface area contributed by atoms with Crippen molar-refractivity contribution >= 4 is 49.7 Å². The molecule has 3 aromatic rings. The van der Waals surface area contributed by atoms with Gasteiger partial charge in [-0.2, -0.15) is 0 Å². The van der Waals surface area contributed by atoms with Gasteiger partial charge in [0, 0.05) is 9.75 Å². The van der Waals surface area contributed by atoms with Gasteiger partial charge in [0.1, 0.15) is 22.2 Å². The molecule has 3 N–H and O–H groups in total. The summed E-state index contributed by atoms with van der Waals surface area (Å²) in [6.07, 6.45) is 6.78. The highest BCUT2D eigenvalue weighted by atomic mass is 32.1. The first kappa shape index (κ1) is 21.3. The second kappa shape index (κ2) is 8.12. The highest BCUT2D eigenvalue weighted by Crippen LogP contribution is 2.39. The number of rotatable bonds is 4. The maximum absolute atomic E-state index is 13.3. The third-order valence-corrected chi connectivity index (χ3v) is 8.93. The lowest BCUT2D eigenvalue weighted by Crippen LogP contribution is -2.30. The Hall–Kier alpha value is -2.52. The van der Waals surface area contributed by atoms with Crippen molar-refractivity contribution in [3.63, 3.8) is 0 Å². The Balaban J connectivity index is 1.46. The van der Waals surface area contributed by atoms with Gasteiger partial charge in [-0.1, -0.05) is 6.92 Å². The van der Waals surface area contributed by atoms with Gasteiger partial charge in [0.15, 0.2) is 0 Å². The number of nitrogens with two attached hydrogens (primary N) is 1. The largest absolute Gasteiger partial charge is 0.365 e. The summed E-state index contributed by atoms with van der Waals surface area (Å²) < 4.78 is 1.44.